The first-order valence-electron chi connectivity index (χ1n) is 4.76. The highest BCUT2D eigenvalue weighted by molar-refractivity contribution is 7.89. The molecular formula is C8H12N4O3S. The molecule has 2 rings (SSSR count). The second-order valence-corrected chi connectivity index (χ2v) is 5.37. The van der Waals surface area contributed by atoms with Gasteiger partial charge in [-0.25, -0.2) is 8.42 Å². The van der Waals surface area contributed by atoms with E-state index < -0.39 is 10.0 Å². The molecule has 88 valence electrons. The maximum Gasteiger partial charge on any atom is 0.260 e. The van der Waals surface area contributed by atoms with E-state index in [4.69, 9.17) is 0 Å². The van der Waals surface area contributed by atoms with Crippen molar-refractivity contribution < 1.29 is 13.2 Å². The van der Waals surface area contributed by atoms with Crippen molar-refractivity contribution in [1.29, 1.82) is 0 Å². The fourth-order valence-electron chi connectivity index (χ4n) is 1.57. The molecule has 2 heterocycles. The second-order valence-electron chi connectivity index (χ2n) is 3.48. The van der Waals surface area contributed by atoms with E-state index >= 15 is 0 Å². The Bertz CT molecular complexity index is 507. The van der Waals surface area contributed by atoms with Crippen LogP contribution in [0.3, 0.4) is 0 Å². The summed E-state index contributed by atoms with van der Waals surface area (Å²) in [7, 11) is -2.06. The van der Waals surface area contributed by atoms with Crippen LogP contribution in [0, 0.1) is 0 Å². The van der Waals surface area contributed by atoms with Crippen LogP contribution in [-0.2, 0) is 21.9 Å². The smallest absolute Gasteiger partial charge is 0.260 e. The molecule has 0 bridgehead atoms. The lowest BCUT2D eigenvalue weighted by molar-refractivity contribution is -0.122. The number of carbonyl (C=O) groups excluding carboxylic acids is 1. The molecule has 1 saturated heterocycles. The summed E-state index contributed by atoms with van der Waals surface area (Å²) in [5.74, 6) is -0.281. The third kappa shape index (κ3) is 1.81. The van der Waals surface area contributed by atoms with Gasteiger partial charge in [0.2, 0.25) is 5.91 Å². The van der Waals surface area contributed by atoms with Crippen LogP contribution in [0.15, 0.2) is 17.3 Å². The summed E-state index contributed by atoms with van der Waals surface area (Å²) in [4.78, 5) is 11.1. The van der Waals surface area contributed by atoms with Gasteiger partial charge in [0.25, 0.3) is 10.0 Å². The number of aromatic nitrogens is 2. The quantitative estimate of drug-likeness (QED) is 0.689. The highest BCUT2D eigenvalue weighted by atomic mass is 32.2. The summed E-state index contributed by atoms with van der Waals surface area (Å²) in [6.45, 7) is 0.503. The predicted octanol–water partition coefficient (Wildman–Crippen LogP) is -1.46. The monoisotopic (exact) mass is 244 g/mol. The van der Waals surface area contributed by atoms with Crippen LogP contribution in [0.4, 0.5) is 0 Å². The molecule has 1 fully saturated rings. The molecule has 0 radical (unpaired) electrons. The van der Waals surface area contributed by atoms with E-state index in [-0.39, 0.29) is 17.5 Å². The van der Waals surface area contributed by atoms with Crippen molar-refractivity contribution in [2.75, 3.05) is 19.6 Å². The first kappa shape index (κ1) is 11.1. The normalized spacial score (nSPS) is 18.4. The molecule has 1 aliphatic rings. The molecule has 7 nitrogen and oxygen atoms in total. The molecule has 1 aliphatic heterocycles. The van der Waals surface area contributed by atoms with Gasteiger partial charge in [0, 0.05) is 20.1 Å². The van der Waals surface area contributed by atoms with E-state index in [0.29, 0.717) is 13.1 Å². The third-order valence-corrected chi connectivity index (χ3v) is 4.30. The molecule has 0 atom stereocenters. The highest BCUT2D eigenvalue weighted by Crippen LogP contribution is 2.14. The molecule has 1 amide bonds. The molecule has 16 heavy (non-hydrogen) atoms. The number of sulfonamides is 1. The van der Waals surface area contributed by atoms with Gasteiger partial charge in [-0.05, 0) is 6.07 Å². The van der Waals surface area contributed by atoms with Gasteiger partial charge in [0.05, 0.1) is 12.7 Å². The number of piperazine rings is 1. The van der Waals surface area contributed by atoms with Crippen LogP contribution in [0.5, 0.6) is 0 Å². The number of aryl methyl sites for hydroxylation is 1. The van der Waals surface area contributed by atoms with E-state index in [1.807, 2.05) is 0 Å². The zero-order valence-electron chi connectivity index (χ0n) is 8.75. The first-order valence-corrected chi connectivity index (χ1v) is 6.20. The third-order valence-electron chi connectivity index (χ3n) is 2.38. The fourth-order valence-corrected chi connectivity index (χ4v) is 3.06. The van der Waals surface area contributed by atoms with Gasteiger partial charge in [-0.1, -0.05) is 0 Å². The van der Waals surface area contributed by atoms with Gasteiger partial charge < -0.3 is 5.32 Å². The Balaban J connectivity index is 2.32. The maximum atomic E-state index is 12.1. The SMILES string of the molecule is Cn1nccc1S(=O)(=O)N1CCNC(=O)C1. The number of rotatable bonds is 2. The van der Waals surface area contributed by atoms with E-state index in [2.05, 4.69) is 10.4 Å². The Morgan fingerprint density at radius 1 is 1.50 bits per heavy atom. The molecule has 1 aromatic heterocycles. The zero-order valence-corrected chi connectivity index (χ0v) is 9.57. The fraction of sp³-hybridized carbons (Fsp3) is 0.500. The molecule has 8 heteroatoms. The lowest BCUT2D eigenvalue weighted by atomic mass is 10.4. The minimum atomic E-state index is -3.61. The average Bonchev–Trinajstić information content (AvgIpc) is 2.65. The predicted molar refractivity (Wildman–Crippen MR) is 55.0 cm³/mol. The average molecular weight is 244 g/mol. The number of nitrogens with one attached hydrogen (secondary N) is 1. The summed E-state index contributed by atoms with van der Waals surface area (Å²) < 4.78 is 26.6. The summed E-state index contributed by atoms with van der Waals surface area (Å²) in [5.41, 5.74) is 0. The molecular weight excluding hydrogens is 232 g/mol. The van der Waals surface area contributed by atoms with Crippen LogP contribution in [0.1, 0.15) is 0 Å². The molecule has 0 unspecified atom stereocenters. The van der Waals surface area contributed by atoms with Crippen LogP contribution >= 0.6 is 0 Å². The Kier molecular flexibility index (Phi) is 2.68. The van der Waals surface area contributed by atoms with Crippen LogP contribution < -0.4 is 5.32 Å². The van der Waals surface area contributed by atoms with Crippen molar-refractivity contribution in [2.45, 2.75) is 5.03 Å². The number of amides is 1. The van der Waals surface area contributed by atoms with Crippen LogP contribution in [0.25, 0.3) is 0 Å². The largest absolute Gasteiger partial charge is 0.354 e. The van der Waals surface area contributed by atoms with Gasteiger partial charge in [-0.15, -0.1) is 0 Å². The van der Waals surface area contributed by atoms with Gasteiger partial charge in [-0.3, -0.25) is 9.48 Å². The highest BCUT2D eigenvalue weighted by Gasteiger charge is 2.30. The standard InChI is InChI=1S/C8H12N4O3S/c1-11-8(2-3-10-11)16(14,15)12-5-4-9-7(13)6-12/h2-3H,4-6H2,1H3,(H,9,13). The molecule has 0 spiro atoms. The number of carbonyl (C=O) groups is 1. The van der Waals surface area contributed by atoms with Crippen LogP contribution in [0.2, 0.25) is 0 Å². The second kappa shape index (κ2) is 3.87. The van der Waals surface area contributed by atoms with Crippen LogP contribution in [-0.4, -0.2) is 48.0 Å². The number of nitrogens with zero attached hydrogens (tertiary/aromatic N) is 3. The van der Waals surface area contributed by atoms with E-state index in [1.165, 1.54) is 16.9 Å². The Morgan fingerprint density at radius 3 is 2.81 bits per heavy atom. The van der Waals surface area contributed by atoms with Crippen molar-refractivity contribution in [3.05, 3.63) is 12.3 Å². The van der Waals surface area contributed by atoms with Crippen molar-refractivity contribution in [2.24, 2.45) is 7.05 Å². The van der Waals surface area contributed by atoms with Crippen molar-refractivity contribution in [3.63, 3.8) is 0 Å². The maximum absolute atomic E-state index is 12.1. The number of hydrogen-bond acceptors (Lipinski definition) is 4. The molecule has 1 N–H and O–H groups in total. The van der Waals surface area contributed by atoms with E-state index in [0.717, 1.165) is 4.31 Å². The van der Waals surface area contributed by atoms with Gasteiger partial charge in [-0.2, -0.15) is 9.40 Å². The Labute approximate surface area is 93.1 Å². The van der Waals surface area contributed by atoms with E-state index in [1.54, 1.807) is 7.05 Å². The minimum absolute atomic E-state index is 0.0993. The summed E-state index contributed by atoms with van der Waals surface area (Å²) >= 11 is 0. The van der Waals surface area contributed by atoms with E-state index in [9.17, 15) is 13.2 Å². The summed E-state index contributed by atoms with van der Waals surface area (Å²) in [5, 5.41) is 6.48. The number of hydrogen-bond donors (Lipinski definition) is 1. The van der Waals surface area contributed by atoms with Crippen molar-refractivity contribution in [3.8, 4) is 0 Å². The Hall–Kier alpha value is -1.41. The minimum Gasteiger partial charge on any atom is -0.354 e. The lowest BCUT2D eigenvalue weighted by Crippen LogP contribution is -2.50. The molecule has 0 aromatic carbocycles. The summed E-state index contributed by atoms with van der Waals surface area (Å²) in [6, 6.07) is 1.42. The zero-order chi connectivity index (χ0) is 11.8. The Morgan fingerprint density at radius 2 is 2.25 bits per heavy atom. The van der Waals surface area contributed by atoms with Gasteiger partial charge >= 0.3 is 0 Å². The molecule has 1 aromatic rings. The topological polar surface area (TPSA) is 84.3 Å². The molecule has 0 saturated carbocycles. The summed E-state index contributed by atoms with van der Waals surface area (Å²) in [6.07, 6.45) is 1.41. The molecule has 0 aliphatic carbocycles. The van der Waals surface area contributed by atoms with Gasteiger partial charge in [0.1, 0.15) is 0 Å². The van der Waals surface area contributed by atoms with Gasteiger partial charge in [0.15, 0.2) is 5.03 Å². The first-order chi connectivity index (χ1) is 7.51. The van der Waals surface area contributed by atoms with Crippen molar-refractivity contribution in [1.82, 2.24) is 19.4 Å². The lowest BCUT2D eigenvalue weighted by Gasteiger charge is -2.25. The van der Waals surface area contributed by atoms with Crippen molar-refractivity contribution >= 4 is 15.9 Å².